The van der Waals surface area contributed by atoms with Crippen LogP contribution in [0.25, 0.3) is 11.1 Å². The van der Waals surface area contributed by atoms with Gasteiger partial charge in [0, 0.05) is 17.8 Å². The fraction of sp³-hybridized carbons (Fsp3) is 0.360. The lowest BCUT2D eigenvalue weighted by Gasteiger charge is -2.13. The highest BCUT2D eigenvalue weighted by Gasteiger charge is 2.18. The Morgan fingerprint density at radius 1 is 1.09 bits per heavy atom. The maximum atomic E-state index is 12.4. The summed E-state index contributed by atoms with van der Waals surface area (Å²) in [4.78, 5) is 12.4. The molecule has 0 saturated heterocycles. The maximum Gasteiger partial charge on any atom is 0.271 e. The molecule has 33 heavy (non-hydrogen) atoms. The number of unbranched alkanes of at least 4 members (excludes halogenated alkanes) is 1. The molecule has 8 nitrogen and oxygen atoms in total. The van der Waals surface area contributed by atoms with Crippen molar-refractivity contribution in [2.24, 2.45) is 10.3 Å². The fourth-order valence-corrected chi connectivity index (χ4v) is 3.90. The van der Waals surface area contributed by atoms with Gasteiger partial charge in [-0.1, -0.05) is 74.0 Å². The van der Waals surface area contributed by atoms with E-state index in [9.17, 15) is 4.79 Å². The largest absolute Gasteiger partial charge is 0.351 e. The molecule has 2 aromatic carbocycles. The van der Waals surface area contributed by atoms with Gasteiger partial charge in [0.1, 0.15) is 5.69 Å². The van der Waals surface area contributed by atoms with Crippen LogP contribution in [0.15, 0.2) is 64.9 Å². The molecule has 1 unspecified atom stereocenters. The third-order valence-corrected chi connectivity index (χ3v) is 5.70. The van der Waals surface area contributed by atoms with E-state index in [0.717, 1.165) is 53.6 Å². The SMILES string of the molecule is CCCCc1cc(C(=O)NCCC)nn1Cc1ccc(-c2ccccc2C2N=NNN2)cc1. The average molecular weight is 446 g/mol. The number of aromatic nitrogens is 2. The Balaban J connectivity index is 1.54. The molecule has 0 fully saturated rings. The van der Waals surface area contributed by atoms with Gasteiger partial charge in [0.15, 0.2) is 6.17 Å². The zero-order valence-corrected chi connectivity index (χ0v) is 19.2. The molecule has 0 bridgehead atoms. The number of amides is 1. The summed E-state index contributed by atoms with van der Waals surface area (Å²) in [5.74, 6) is -0.104. The highest BCUT2D eigenvalue weighted by molar-refractivity contribution is 5.92. The van der Waals surface area contributed by atoms with Gasteiger partial charge in [-0.25, -0.2) is 5.53 Å². The summed E-state index contributed by atoms with van der Waals surface area (Å²) in [6.07, 6.45) is 3.78. The third kappa shape index (κ3) is 5.46. The van der Waals surface area contributed by atoms with Crippen LogP contribution in [-0.2, 0) is 13.0 Å². The molecule has 0 saturated carbocycles. The molecule has 1 aromatic heterocycles. The van der Waals surface area contributed by atoms with Crippen LogP contribution in [0.3, 0.4) is 0 Å². The lowest BCUT2D eigenvalue weighted by molar-refractivity contribution is 0.0948. The van der Waals surface area contributed by atoms with E-state index in [1.807, 2.05) is 29.8 Å². The van der Waals surface area contributed by atoms with Gasteiger partial charge in [0.05, 0.1) is 6.54 Å². The Labute approximate surface area is 194 Å². The van der Waals surface area contributed by atoms with Gasteiger partial charge < -0.3 is 5.32 Å². The predicted molar refractivity (Wildman–Crippen MR) is 128 cm³/mol. The third-order valence-electron chi connectivity index (χ3n) is 5.70. The first-order chi connectivity index (χ1) is 16.2. The van der Waals surface area contributed by atoms with E-state index in [1.165, 1.54) is 0 Å². The van der Waals surface area contributed by atoms with Crippen LogP contribution in [0.5, 0.6) is 0 Å². The molecule has 4 rings (SSSR count). The molecule has 3 aromatic rings. The summed E-state index contributed by atoms with van der Waals surface area (Å²) in [6, 6.07) is 18.6. The van der Waals surface area contributed by atoms with Gasteiger partial charge in [-0.2, -0.15) is 10.5 Å². The second-order valence-corrected chi connectivity index (χ2v) is 8.20. The van der Waals surface area contributed by atoms with E-state index in [1.54, 1.807) is 0 Å². The zero-order chi connectivity index (χ0) is 23.0. The number of aryl methyl sites for hydroxylation is 1. The first-order valence-electron chi connectivity index (χ1n) is 11.6. The highest BCUT2D eigenvalue weighted by Crippen LogP contribution is 2.30. The van der Waals surface area contributed by atoms with Crippen LogP contribution in [0.2, 0.25) is 0 Å². The Kier molecular flexibility index (Phi) is 7.47. The first kappa shape index (κ1) is 22.7. The molecule has 0 radical (unpaired) electrons. The summed E-state index contributed by atoms with van der Waals surface area (Å²) in [7, 11) is 0. The number of hydrogen-bond acceptors (Lipinski definition) is 6. The summed E-state index contributed by atoms with van der Waals surface area (Å²) < 4.78 is 1.97. The summed E-state index contributed by atoms with van der Waals surface area (Å²) >= 11 is 0. The maximum absolute atomic E-state index is 12.4. The van der Waals surface area contributed by atoms with E-state index < -0.39 is 0 Å². The monoisotopic (exact) mass is 445 g/mol. The summed E-state index contributed by atoms with van der Waals surface area (Å²) in [6.45, 7) is 5.50. The van der Waals surface area contributed by atoms with Crippen molar-refractivity contribution in [2.45, 2.75) is 52.2 Å². The Bertz CT molecular complexity index is 1100. The minimum Gasteiger partial charge on any atom is -0.351 e. The van der Waals surface area contributed by atoms with Crippen LogP contribution in [0.4, 0.5) is 0 Å². The molecular weight excluding hydrogens is 414 g/mol. The standard InChI is InChI=1S/C25H31N7O/c1-3-5-8-20-16-23(25(33)26-15-4-2)29-32(20)17-18-11-13-19(14-12-18)21-9-6-7-10-22(21)24-27-30-31-28-24/h6-7,9-14,16,24H,3-5,8,15,17H2,1-2H3,(H,26,33)(H,27,31)(H,28,30). The Hall–Kier alpha value is -3.52. The Morgan fingerprint density at radius 2 is 1.91 bits per heavy atom. The number of carbonyl (C=O) groups is 1. The number of carbonyl (C=O) groups excluding carboxylic acids is 1. The fourth-order valence-electron chi connectivity index (χ4n) is 3.90. The van der Waals surface area contributed by atoms with E-state index in [4.69, 9.17) is 0 Å². The van der Waals surface area contributed by atoms with E-state index in [2.05, 4.69) is 75.0 Å². The number of hydrogen-bond donors (Lipinski definition) is 3. The quantitative estimate of drug-likeness (QED) is 0.426. The molecule has 1 aliphatic heterocycles. The van der Waals surface area contributed by atoms with Crippen molar-refractivity contribution >= 4 is 5.91 Å². The van der Waals surface area contributed by atoms with Crippen molar-refractivity contribution in [3.63, 3.8) is 0 Å². The van der Waals surface area contributed by atoms with Crippen molar-refractivity contribution in [3.8, 4) is 11.1 Å². The van der Waals surface area contributed by atoms with Crippen LogP contribution in [0.1, 0.15) is 66.6 Å². The molecule has 0 aliphatic carbocycles. The Morgan fingerprint density at radius 3 is 2.64 bits per heavy atom. The first-order valence-corrected chi connectivity index (χ1v) is 11.6. The second-order valence-electron chi connectivity index (χ2n) is 8.20. The topological polar surface area (TPSA) is 95.7 Å². The molecule has 8 heteroatoms. The van der Waals surface area contributed by atoms with E-state index >= 15 is 0 Å². The lowest BCUT2D eigenvalue weighted by Crippen LogP contribution is -2.24. The van der Waals surface area contributed by atoms with Crippen molar-refractivity contribution in [3.05, 3.63) is 77.1 Å². The number of hydrazine groups is 1. The van der Waals surface area contributed by atoms with Gasteiger partial charge in [-0.3, -0.25) is 9.48 Å². The lowest BCUT2D eigenvalue weighted by atomic mass is 9.97. The molecular formula is C25H31N7O. The van der Waals surface area contributed by atoms with Crippen molar-refractivity contribution in [2.75, 3.05) is 6.54 Å². The van der Waals surface area contributed by atoms with Gasteiger partial charge in [-0.05, 0) is 42.0 Å². The molecule has 1 aliphatic rings. The van der Waals surface area contributed by atoms with Gasteiger partial charge in [0.25, 0.3) is 5.91 Å². The average Bonchev–Trinajstić information content (AvgIpc) is 3.52. The van der Waals surface area contributed by atoms with Crippen molar-refractivity contribution < 1.29 is 4.79 Å². The van der Waals surface area contributed by atoms with Crippen LogP contribution >= 0.6 is 0 Å². The van der Waals surface area contributed by atoms with Crippen molar-refractivity contribution in [1.82, 2.24) is 26.1 Å². The van der Waals surface area contributed by atoms with E-state index in [-0.39, 0.29) is 12.1 Å². The number of nitrogens with one attached hydrogen (secondary N) is 3. The minimum atomic E-state index is -0.205. The van der Waals surface area contributed by atoms with Crippen LogP contribution in [0, 0.1) is 0 Å². The van der Waals surface area contributed by atoms with Crippen LogP contribution in [-0.4, -0.2) is 22.2 Å². The molecule has 0 spiro atoms. The summed E-state index contributed by atoms with van der Waals surface area (Å²) in [5.41, 5.74) is 11.8. The zero-order valence-electron chi connectivity index (χ0n) is 19.2. The molecule has 1 atom stereocenters. The molecule has 172 valence electrons. The van der Waals surface area contributed by atoms with Gasteiger partial charge in [0.2, 0.25) is 0 Å². The summed E-state index contributed by atoms with van der Waals surface area (Å²) in [5, 5.41) is 15.6. The normalized spacial score (nSPS) is 14.9. The minimum absolute atomic E-state index is 0.104. The van der Waals surface area contributed by atoms with Crippen LogP contribution < -0.4 is 16.3 Å². The van der Waals surface area contributed by atoms with E-state index in [0.29, 0.717) is 18.8 Å². The number of rotatable bonds is 10. The number of benzene rings is 2. The smallest absolute Gasteiger partial charge is 0.271 e. The second kappa shape index (κ2) is 10.9. The van der Waals surface area contributed by atoms with Crippen molar-refractivity contribution in [1.29, 1.82) is 0 Å². The van der Waals surface area contributed by atoms with Gasteiger partial charge in [-0.15, -0.1) is 5.11 Å². The number of nitrogens with zero attached hydrogens (tertiary/aromatic N) is 4. The predicted octanol–water partition coefficient (Wildman–Crippen LogP) is 4.55. The molecule has 3 N–H and O–H groups in total. The highest BCUT2D eigenvalue weighted by atomic mass is 16.1. The molecule has 1 amide bonds. The van der Waals surface area contributed by atoms with Gasteiger partial charge >= 0.3 is 0 Å². The molecule has 2 heterocycles.